The smallest absolute Gasteiger partial charge is 0.261 e. The van der Waals surface area contributed by atoms with Crippen LogP contribution < -0.4 is 0 Å². The minimum absolute atomic E-state index is 0.511. The van der Waals surface area contributed by atoms with Crippen LogP contribution in [0.5, 0.6) is 0 Å². The first-order valence-electron chi connectivity index (χ1n) is 9.33. The molecule has 0 amide bonds. The molecule has 0 aromatic carbocycles. The zero-order valence-electron chi connectivity index (χ0n) is 18.2. The molecule has 4 nitrogen and oxygen atoms in total. The summed E-state index contributed by atoms with van der Waals surface area (Å²) in [7, 11) is -6.29. The second-order valence-corrected chi connectivity index (χ2v) is 14.0. The number of hydrogen-bond acceptors (Lipinski definition) is 2. The number of nitrogens with zero attached hydrogens (tertiary/aromatic N) is 2. The van der Waals surface area contributed by atoms with E-state index in [-0.39, 0.29) is 0 Å². The highest BCUT2D eigenvalue weighted by Crippen LogP contribution is 2.90. The van der Waals surface area contributed by atoms with Gasteiger partial charge in [-0.05, 0) is 79.4 Å². The van der Waals surface area contributed by atoms with Crippen LogP contribution in [0.15, 0.2) is 34.2 Å². The molecule has 1 rings (SSSR count). The Labute approximate surface area is 160 Å². The van der Waals surface area contributed by atoms with Gasteiger partial charge >= 0.3 is 0 Å². The summed E-state index contributed by atoms with van der Waals surface area (Å²) >= 11 is 0. The molecule has 1 heterocycles. The summed E-state index contributed by atoms with van der Waals surface area (Å²) in [6, 6.07) is 0. The Morgan fingerprint density at radius 2 is 1.04 bits per heavy atom. The lowest BCUT2D eigenvalue weighted by Crippen LogP contribution is -2.55. The van der Waals surface area contributed by atoms with Crippen molar-refractivity contribution >= 4 is 14.9 Å². The molecule has 1 saturated heterocycles. The lowest BCUT2D eigenvalue weighted by molar-refractivity contribution is 0.235. The maximum atomic E-state index is 14.1. The molecule has 1 aliphatic rings. The summed E-state index contributed by atoms with van der Waals surface area (Å²) in [5, 5.41) is 0. The summed E-state index contributed by atoms with van der Waals surface area (Å²) in [6.07, 6.45) is 1.69. The van der Waals surface area contributed by atoms with Crippen molar-refractivity contribution in [1.29, 1.82) is 0 Å². The van der Waals surface area contributed by atoms with Gasteiger partial charge in [-0.2, -0.15) is 8.88 Å². The summed E-state index contributed by atoms with van der Waals surface area (Å²) in [6.45, 7) is 19.8. The highest BCUT2D eigenvalue weighted by atomic mass is 31.3. The molecule has 1 aliphatic heterocycles. The van der Waals surface area contributed by atoms with Crippen LogP contribution in [0.1, 0.15) is 82.1 Å². The SMILES string of the molecule is CCC(C)=C=CP1(=O)N(C(C)(C)C)P(=O)(C=C=C(C)CC)N1C(C)(C)C. The van der Waals surface area contributed by atoms with Crippen LogP contribution in [0.2, 0.25) is 0 Å². The molecule has 0 bridgehead atoms. The highest BCUT2D eigenvalue weighted by Gasteiger charge is 2.68. The fourth-order valence-electron chi connectivity index (χ4n) is 3.03. The molecule has 26 heavy (non-hydrogen) atoms. The predicted octanol–water partition coefficient (Wildman–Crippen LogP) is 7.53. The van der Waals surface area contributed by atoms with E-state index in [9.17, 15) is 9.13 Å². The van der Waals surface area contributed by atoms with Gasteiger partial charge in [-0.15, -0.1) is 11.5 Å². The number of allylic oxidation sites excluding steroid dienone is 2. The molecule has 0 aliphatic carbocycles. The van der Waals surface area contributed by atoms with Gasteiger partial charge in [-0.25, -0.2) is 0 Å². The third-order valence-corrected chi connectivity index (χ3v) is 12.9. The van der Waals surface area contributed by atoms with E-state index < -0.39 is 26.0 Å². The predicted molar refractivity (Wildman–Crippen MR) is 114 cm³/mol. The van der Waals surface area contributed by atoms with Crippen molar-refractivity contribution in [3.05, 3.63) is 34.2 Å². The fourth-order valence-corrected chi connectivity index (χ4v) is 12.0. The maximum Gasteiger partial charge on any atom is 0.261 e. The van der Waals surface area contributed by atoms with Crippen molar-refractivity contribution in [3.63, 3.8) is 0 Å². The Morgan fingerprint density at radius 3 is 1.23 bits per heavy atom. The van der Waals surface area contributed by atoms with Gasteiger partial charge in [-0.1, -0.05) is 13.8 Å². The molecule has 0 atom stereocenters. The number of hydrogen-bond donors (Lipinski definition) is 0. The van der Waals surface area contributed by atoms with Crippen molar-refractivity contribution in [2.75, 3.05) is 0 Å². The topological polar surface area (TPSA) is 40.6 Å². The van der Waals surface area contributed by atoms with Gasteiger partial charge in [0.25, 0.3) is 14.9 Å². The van der Waals surface area contributed by atoms with Crippen molar-refractivity contribution in [1.82, 2.24) is 8.88 Å². The van der Waals surface area contributed by atoms with Gasteiger partial charge in [0.05, 0.1) is 0 Å². The van der Waals surface area contributed by atoms with Crippen LogP contribution in [-0.2, 0) is 9.13 Å². The molecule has 0 spiro atoms. The fraction of sp³-hybridized carbons (Fsp3) is 0.700. The van der Waals surface area contributed by atoms with Gasteiger partial charge in [0, 0.05) is 22.7 Å². The second-order valence-electron chi connectivity index (χ2n) is 8.91. The van der Waals surface area contributed by atoms with Crippen LogP contribution in [-0.4, -0.2) is 20.0 Å². The van der Waals surface area contributed by atoms with Crippen molar-refractivity contribution in [2.45, 2.75) is 93.2 Å². The van der Waals surface area contributed by atoms with Crippen LogP contribution in [0.4, 0.5) is 0 Å². The highest BCUT2D eigenvalue weighted by molar-refractivity contribution is 7.91. The van der Waals surface area contributed by atoms with Crippen molar-refractivity contribution in [3.8, 4) is 0 Å². The Hall–Kier alpha value is -0.580. The van der Waals surface area contributed by atoms with Gasteiger partial charge in [-0.3, -0.25) is 9.13 Å². The zero-order valence-corrected chi connectivity index (χ0v) is 20.0. The maximum absolute atomic E-state index is 14.1. The van der Waals surface area contributed by atoms with Gasteiger partial charge in [0.2, 0.25) is 0 Å². The van der Waals surface area contributed by atoms with Crippen molar-refractivity contribution in [2.24, 2.45) is 0 Å². The van der Waals surface area contributed by atoms with E-state index in [1.807, 2.05) is 69.2 Å². The Morgan fingerprint density at radius 1 is 0.769 bits per heavy atom. The van der Waals surface area contributed by atoms with E-state index in [1.165, 1.54) is 0 Å². The minimum Gasteiger partial charge on any atom is -0.283 e. The van der Waals surface area contributed by atoms with Crippen LogP contribution in [0.25, 0.3) is 0 Å². The molecule has 6 heteroatoms. The van der Waals surface area contributed by atoms with Crippen LogP contribution in [0, 0.1) is 0 Å². The van der Waals surface area contributed by atoms with Gasteiger partial charge < -0.3 is 0 Å². The van der Waals surface area contributed by atoms with E-state index in [0.29, 0.717) is 0 Å². The van der Waals surface area contributed by atoms with E-state index in [0.717, 1.165) is 24.0 Å². The molecule has 0 aromatic rings. The molecule has 0 aromatic heterocycles. The van der Waals surface area contributed by atoms with E-state index in [2.05, 4.69) is 11.5 Å². The first-order valence-corrected chi connectivity index (χ1v) is 12.7. The summed E-state index contributed by atoms with van der Waals surface area (Å²) in [5.74, 6) is 3.31. The average molecular weight is 398 g/mol. The first-order chi connectivity index (χ1) is 11.6. The summed E-state index contributed by atoms with van der Waals surface area (Å²) < 4.78 is 31.6. The Balaban J connectivity index is 3.77. The molecular weight excluding hydrogens is 362 g/mol. The average Bonchev–Trinajstić information content (AvgIpc) is 2.46. The van der Waals surface area contributed by atoms with Crippen LogP contribution in [0.3, 0.4) is 0 Å². The minimum atomic E-state index is -3.15. The van der Waals surface area contributed by atoms with Crippen LogP contribution >= 0.6 is 14.9 Å². The third kappa shape index (κ3) is 4.45. The van der Waals surface area contributed by atoms with E-state index in [4.69, 9.17) is 0 Å². The number of rotatable bonds is 4. The Kier molecular flexibility index (Phi) is 7.04. The van der Waals surface area contributed by atoms with Crippen molar-refractivity contribution < 1.29 is 9.13 Å². The lowest BCUT2D eigenvalue weighted by Gasteiger charge is -2.61. The molecule has 0 radical (unpaired) electrons. The molecule has 0 N–H and O–H groups in total. The van der Waals surface area contributed by atoms with Gasteiger partial charge in [0.15, 0.2) is 0 Å². The molecule has 0 unspecified atom stereocenters. The lowest BCUT2D eigenvalue weighted by atomic mass is 10.1. The normalized spacial score (nSPS) is 27.2. The molecular formula is C20H36N2O2P2. The van der Waals surface area contributed by atoms with E-state index >= 15 is 0 Å². The molecule has 0 saturated carbocycles. The summed E-state index contributed by atoms with van der Waals surface area (Å²) in [5.41, 5.74) is 7.39. The monoisotopic (exact) mass is 398 g/mol. The van der Waals surface area contributed by atoms with Gasteiger partial charge in [0.1, 0.15) is 0 Å². The molecule has 148 valence electrons. The summed E-state index contributed by atoms with van der Waals surface area (Å²) in [4.78, 5) is 0. The third-order valence-electron chi connectivity index (χ3n) is 4.30. The zero-order chi connectivity index (χ0) is 20.6. The molecule has 1 fully saturated rings. The largest absolute Gasteiger partial charge is 0.283 e. The Bertz CT molecular complexity index is 687. The first kappa shape index (κ1) is 23.5. The van der Waals surface area contributed by atoms with E-state index in [1.54, 1.807) is 20.5 Å². The quantitative estimate of drug-likeness (QED) is 0.362. The second kappa shape index (κ2) is 7.81. The standard InChI is InChI=1S/C20H36N2O2P2/c1-11-17(3)13-15-25(23)21(19(5,6)7)26(24,16-14-18(4)12-2)22(25)20(8,9)10/h15-16H,11-12H2,1-10H3.